The van der Waals surface area contributed by atoms with E-state index in [1.54, 1.807) is 12.3 Å². The van der Waals surface area contributed by atoms with Gasteiger partial charge in [0.05, 0.1) is 0 Å². The number of hydrogen-bond acceptors (Lipinski definition) is 5. The van der Waals surface area contributed by atoms with Crippen LogP contribution in [0.5, 0.6) is 0 Å². The van der Waals surface area contributed by atoms with Crippen LogP contribution in [0.1, 0.15) is 5.56 Å². The monoisotopic (exact) mass is 201 g/mol. The van der Waals surface area contributed by atoms with Crippen LogP contribution in [0.15, 0.2) is 18.3 Å². The number of anilines is 1. The van der Waals surface area contributed by atoms with Crippen molar-refractivity contribution in [2.24, 2.45) is 0 Å². The Bertz CT molecular complexity index is 371. The van der Waals surface area contributed by atoms with E-state index in [0.29, 0.717) is 5.82 Å². The molecule has 0 spiro atoms. The summed E-state index contributed by atoms with van der Waals surface area (Å²) in [5.74, 6) is 0.437. The Kier molecular flexibility index (Phi) is 2.84. The predicted molar refractivity (Wildman–Crippen MR) is 50.5 cm³/mol. The fraction of sp³-hybridized carbons (Fsp3) is 0.286. The summed E-state index contributed by atoms with van der Waals surface area (Å²) >= 11 is 0. The predicted octanol–water partition coefficient (Wildman–Crippen LogP) is 1.33. The minimum absolute atomic E-state index is 0.437. The van der Waals surface area contributed by atoms with Gasteiger partial charge in [0.2, 0.25) is 0 Å². The number of aryl methyl sites for hydroxylation is 1. The zero-order valence-electron chi connectivity index (χ0n) is 7.40. The van der Waals surface area contributed by atoms with Gasteiger partial charge in [0.1, 0.15) is 0 Å². The molecule has 6 heteroatoms. The van der Waals surface area contributed by atoms with Gasteiger partial charge in [-0.2, -0.15) is 4.28 Å². The molecule has 0 bridgehead atoms. The summed E-state index contributed by atoms with van der Waals surface area (Å²) in [7, 11) is -2.98. The molecule has 0 amide bonds. The van der Waals surface area contributed by atoms with E-state index < -0.39 is 10.0 Å². The lowest BCUT2D eigenvalue weighted by molar-refractivity contribution is 0.426. The highest BCUT2D eigenvalue weighted by Crippen LogP contribution is 2.04. The minimum atomic E-state index is -2.98. The normalized spacial score (nSPS) is 14.9. The molecule has 0 radical (unpaired) electrons. The molecule has 0 aliphatic carbocycles. The number of pyridine rings is 1. The Hall–Kier alpha value is -1.14. The molecule has 1 aromatic rings. The highest BCUT2D eigenvalue weighted by molar-refractivity contribution is 7.87. The van der Waals surface area contributed by atoms with E-state index in [2.05, 4.69) is 14.7 Å². The molecule has 0 saturated heterocycles. The van der Waals surface area contributed by atoms with Crippen LogP contribution >= 0.6 is 0 Å². The van der Waals surface area contributed by atoms with Crippen LogP contribution in [0, 0.1) is 11.7 Å². The van der Waals surface area contributed by atoms with Gasteiger partial charge in [0, 0.05) is 12.5 Å². The molecule has 72 valence electrons. The maximum Gasteiger partial charge on any atom is 0.179 e. The molecule has 1 rings (SSSR count). The van der Waals surface area contributed by atoms with Crippen molar-refractivity contribution >= 4 is 15.8 Å². The first-order valence-corrected chi connectivity index (χ1v) is 5.47. The maximum absolute atomic E-state index is 10.8. The molecule has 13 heavy (non-hydrogen) atoms. The Morgan fingerprint density at radius 2 is 2.31 bits per heavy atom. The largest absolute Gasteiger partial charge is 0.237 e. The standard InChI is InChI=1S/C7H11N3O2S/c1-6-3-4-7(9-5-6)10-12-13(2,8)11/h3-5,8H,1-2H3,(H,9,10). The zero-order chi connectivity index (χ0) is 9.90. The van der Waals surface area contributed by atoms with E-state index >= 15 is 0 Å². The molecule has 0 saturated carbocycles. The van der Waals surface area contributed by atoms with Crippen LogP contribution in [-0.2, 0) is 14.3 Å². The van der Waals surface area contributed by atoms with Crippen molar-refractivity contribution in [1.29, 1.82) is 4.78 Å². The van der Waals surface area contributed by atoms with Crippen molar-refractivity contribution in [3.8, 4) is 0 Å². The van der Waals surface area contributed by atoms with E-state index in [0.717, 1.165) is 5.56 Å². The first-order chi connectivity index (χ1) is 5.97. The maximum atomic E-state index is 10.8. The van der Waals surface area contributed by atoms with Gasteiger partial charge in [-0.1, -0.05) is 6.07 Å². The molecule has 0 aromatic carbocycles. The summed E-state index contributed by atoms with van der Waals surface area (Å²) in [4.78, 5) is 3.94. The molecular formula is C7H11N3O2S. The lowest BCUT2D eigenvalue weighted by Crippen LogP contribution is -2.08. The Morgan fingerprint density at radius 3 is 2.77 bits per heavy atom. The number of aromatic nitrogens is 1. The summed E-state index contributed by atoms with van der Waals surface area (Å²) in [5.41, 5.74) is 3.36. The lowest BCUT2D eigenvalue weighted by atomic mass is 10.3. The number of nitrogens with one attached hydrogen (secondary N) is 2. The fourth-order valence-corrected chi connectivity index (χ4v) is 0.895. The molecule has 1 aromatic heterocycles. The van der Waals surface area contributed by atoms with Crippen LogP contribution in [0.25, 0.3) is 0 Å². The molecule has 2 N–H and O–H groups in total. The van der Waals surface area contributed by atoms with Crippen molar-refractivity contribution in [3.63, 3.8) is 0 Å². The van der Waals surface area contributed by atoms with Gasteiger partial charge in [-0.05, 0) is 18.6 Å². The first-order valence-electron chi connectivity index (χ1n) is 3.58. The third-order valence-corrected chi connectivity index (χ3v) is 1.62. The van der Waals surface area contributed by atoms with E-state index in [-0.39, 0.29) is 0 Å². The smallest absolute Gasteiger partial charge is 0.179 e. The third kappa shape index (κ3) is 3.86. The number of rotatable bonds is 3. The quantitative estimate of drug-likeness (QED) is 0.723. The van der Waals surface area contributed by atoms with Crippen LogP contribution < -0.4 is 5.48 Å². The van der Waals surface area contributed by atoms with E-state index in [4.69, 9.17) is 4.78 Å². The highest BCUT2D eigenvalue weighted by Gasteiger charge is 1.98. The minimum Gasteiger partial charge on any atom is -0.237 e. The molecule has 0 fully saturated rings. The van der Waals surface area contributed by atoms with Crippen molar-refractivity contribution in [3.05, 3.63) is 23.9 Å². The van der Waals surface area contributed by atoms with Gasteiger partial charge < -0.3 is 0 Å². The zero-order valence-corrected chi connectivity index (χ0v) is 8.22. The van der Waals surface area contributed by atoms with Gasteiger partial charge in [0.25, 0.3) is 0 Å². The van der Waals surface area contributed by atoms with Crippen LogP contribution in [0.2, 0.25) is 0 Å². The molecule has 0 aliphatic rings. The highest BCUT2D eigenvalue weighted by atomic mass is 32.2. The molecule has 5 nitrogen and oxygen atoms in total. The summed E-state index contributed by atoms with van der Waals surface area (Å²) in [6.07, 6.45) is 2.82. The van der Waals surface area contributed by atoms with Gasteiger partial charge in [-0.25, -0.2) is 19.5 Å². The Balaban J connectivity index is 2.61. The fourth-order valence-electron chi connectivity index (χ4n) is 0.650. The molecular weight excluding hydrogens is 190 g/mol. The second kappa shape index (κ2) is 3.71. The van der Waals surface area contributed by atoms with Crippen molar-refractivity contribution in [1.82, 2.24) is 4.98 Å². The summed E-state index contributed by atoms with van der Waals surface area (Å²) in [6, 6.07) is 3.51. The molecule has 0 aliphatic heterocycles. The topological polar surface area (TPSA) is 75.1 Å². The number of nitrogens with zero attached hydrogens (tertiary/aromatic N) is 1. The van der Waals surface area contributed by atoms with E-state index in [9.17, 15) is 4.21 Å². The Labute approximate surface area is 77.3 Å². The third-order valence-electron chi connectivity index (χ3n) is 1.22. The summed E-state index contributed by atoms with van der Waals surface area (Å²) < 4.78 is 22.3. The summed E-state index contributed by atoms with van der Waals surface area (Å²) in [6.45, 7) is 1.91. The van der Waals surface area contributed by atoms with Crippen LogP contribution in [-0.4, -0.2) is 15.4 Å². The lowest BCUT2D eigenvalue weighted by Gasteiger charge is -2.04. The van der Waals surface area contributed by atoms with Gasteiger partial charge in [0.15, 0.2) is 15.8 Å². The van der Waals surface area contributed by atoms with Crippen molar-refractivity contribution < 1.29 is 8.49 Å². The second-order valence-corrected chi connectivity index (χ2v) is 4.39. The van der Waals surface area contributed by atoms with Gasteiger partial charge in [-0.3, -0.25) is 0 Å². The van der Waals surface area contributed by atoms with Crippen LogP contribution in [0.3, 0.4) is 0 Å². The average Bonchev–Trinajstić information content (AvgIpc) is 2.02. The molecule has 1 atom stereocenters. The van der Waals surface area contributed by atoms with Gasteiger partial charge in [-0.15, -0.1) is 0 Å². The van der Waals surface area contributed by atoms with Crippen molar-refractivity contribution in [2.75, 3.05) is 11.7 Å². The van der Waals surface area contributed by atoms with E-state index in [1.165, 1.54) is 6.26 Å². The first kappa shape index (κ1) is 9.94. The SMILES string of the molecule is Cc1ccc(NOS(C)(=N)=O)nc1. The molecule has 1 unspecified atom stereocenters. The van der Waals surface area contributed by atoms with Crippen LogP contribution in [0.4, 0.5) is 5.82 Å². The molecule has 1 heterocycles. The second-order valence-electron chi connectivity index (χ2n) is 2.68. The average molecular weight is 201 g/mol. The summed E-state index contributed by atoms with van der Waals surface area (Å²) in [5, 5.41) is 0. The number of hydrogen-bond donors (Lipinski definition) is 2. The van der Waals surface area contributed by atoms with Gasteiger partial charge >= 0.3 is 0 Å². The van der Waals surface area contributed by atoms with E-state index in [1.807, 2.05) is 13.0 Å². The Morgan fingerprint density at radius 1 is 1.62 bits per heavy atom. The van der Waals surface area contributed by atoms with Crippen molar-refractivity contribution in [2.45, 2.75) is 6.92 Å².